The van der Waals surface area contributed by atoms with E-state index in [1.165, 1.54) is 36.4 Å². The molecule has 3 aromatic rings. The van der Waals surface area contributed by atoms with Crippen molar-refractivity contribution in [2.75, 3.05) is 5.32 Å². The predicted molar refractivity (Wildman–Crippen MR) is 102 cm³/mol. The summed E-state index contributed by atoms with van der Waals surface area (Å²) < 4.78 is 26.2. The van der Waals surface area contributed by atoms with Crippen LogP contribution in [0.3, 0.4) is 0 Å². The van der Waals surface area contributed by atoms with E-state index < -0.39 is 15.7 Å². The fourth-order valence-electron chi connectivity index (χ4n) is 2.53. The SMILES string of the molecule is N#Cc1ccccc1S(=O)(=O)c1ccccc1C(=O)Nc1ccc(Cl)cc1. The zero-order valence-electron chi connectivity index (χ0n) is 13.9. The number of benzene rings is 3. The van der Waals surface area contributed by atoms with Gasteiger partial charge in [0.15, 0.2) is 0 Å². The first kappa shape index (κ1) is 18.6. The Labute approximate surface area is 161 Å². The van der Waals surface area contributed by atoms with Crippen LogP contribution in [-0.4, -0.2) is 14.3 Å². The number of nitrogens with one attached hydrogen (secondary N) is 1. The standard InChI is InChI=1S/C20H13ClN2O3S/c21-15-9-11-16(12-10-15)23-20(24)17-6-2-4-8-19(17)27(25,26)18-7-3-1-5-14(18)13-22/h1-12H,(H,23,24). The molecule has 3 rings (SSSR count). The molecule has 0 aliphatic heterocycles. The van der Waals surface area contributed by atoms with Crippen molar-refractivity contribution in [3.05, 3.63) is 88.9 Å². The Morgan fingerprint density at radius 2 is 1.48 bits per heavy atom. The van der Waals surface area contributed by atoms with E-state index in [1.807, 2.05) is 6.07 Å². The molecule has 0 aliphatic rings. The lowest BCUT2D eigenvalue weighted by Crippen LogP contribution is -2.17. The van der Waals surface area contributed by atoms with Crippen LogP contribution in [0, 0.1) is 11.3 Å². The molecule has 0 heterocycles. The number of sulfone groups is 1. The van der Waals surface area contributed by atoms with Gasteiger partial charge in [-0.1, -0.05) is 35.9 Å². The highest BCUT2D eigenvalue weighted by atomic mass is 35.5. The van der Waals surface area contributed by atoms with Crippen LogP contribution < -0.4 is 5.32 Å². The van der Waals surface area contributed by atoms with Crippen molar-refractivity contribution >= 4 is 33.0 Å². The van der Waals surface area contributed by atoms with Gasteiger partial charge in [-0.2, -0.15) is 5.26 Å². The lowest BCUT2D eigenvalue weighted by atomic mass is 10.2. The topological polar surface area (TPSA) is 87.0 Å². The van der Waals surface area contributed by atoms with Crippen molar-refractivity contribution in [2.45, 2.75) is 9.79 Å². The Bertz CT molecular complexity index is 1150. The van der Waals surface area contributed by atoms with Crippen LogP contribution in [0.4, 0.5) is 5.69 Å². The van der Waals surface area contributed by atoms with Crippen molar-refractivity contribution in [2.24, 2.45) is 0 Å². The van der Waals surface area contributed by atoms with Gasteiger partial charge in [-0.25, -0.2) is 8.42 Å². The molecule has 134 valence electrons. The van der Waals surface area contributed by atoms with E-state index in [0.29, 0.717) is 10.7 Å². The van der Waals surface area contributed by atoms with Crippen molar-refractivity contribution in [1.29, 1.82) is 5.26 Å². The maximum atomic E-state index is 13.1. The van der Waals surface area contributed by atoms with E-state index in [0.717, 1.165) is 0 Å². The second-order valence-electron chi connectivity index (χ2n) is 5.57. The zero-order chi connectivity index (χ0) is 19.4. The lowest BCUT2D eigenvalue weighted by Gasteiger charge is -2.12. The Morgan fingerprint density at radius 1 is 0.889 bits per heavy atom. The molecule has 1 N–H and O–H groups in total. The number of nitrogens with zero attached hydrogens (tertiary/aromatic N) is 1. The quantitative estimate of drug-likeness (QED) is 0.712. The first-order valence-corrected chi connectivity index (χ1v) is 9.70. The summed E-state index contributed by atoms with van der Waals surface area (Å²) in [6.07, 6.45) is 0. The molecule has 7 heteroatoms. The Balaban J connectivity index is 2.04. The molecule has 0 saturated heterocycles. The van der Waals surface area contributed by atoms with E-state index >= 15 is 0 Å². The third-order valence-electron chi connectivity index (χ3n) is 3.82. The second-order valence-corrected chi connectivity index (χ2v) is 7.89. The number of carbonyl (C=O) groups is 1. The highest BCUT2D eigenvalue weighted by Gasteiger charge is 2.26. The molecule has 0 atom stereocenters. The molecule has 0 unspecified atom stereocenters. The molecule has 3 aromatic carbocycles. The van der Waals surface area contributed by atoms with Crippen LogP contribution in [0.2, 0.25) is 5.02 Å². The Hall–Kier alpha value is -3.14. The van der Waals surface area contributed by atoms with Gasteiger partial charge in [-0.15, -0.1) is 0 Å². The number of hydrogen-bond donors (Lipinski definition) is 1. The van der Waals surface area contributed by atoms with Gasteiger partial charge in [0.25, 0.3) is 5.91 Å². The van der Waals surface area contributed by atoms with Crippen molar-refractivity contribution < 1.29 is 13.2 Å². The fourth-order valence-corrected chi connectivity index (χ4v) is 4.26. The third kappa shape index (κ3) is 3.85. The molecule has 0 fully saturated rings. The summed E-state index contributed by atoms with van der Waals surface area (Å²) in [7, 11) is -4.06. The summed E-state index contributed by atoms with van der Waals surface area (Å²) in [5.41, 5.74) is 0.486. The number of nitriles is 1. The van der Waals surface area contributed by atoms with E-state index in [4.69, 9.17) is 11.6 Å². The van der Waals surface area contributed by atoms with E-state index in [2.05, 4.69) is 5.32 Å². The monoisotopic (exact) mass is 396 g/mol. The van der Waals surface area contributed by atoms with Gasteiger partial charge in [-0.3, -0.25) is 4.79 Å². The van der Waals surface area contributed by atoms with Crippen LogP contribution in [0.5, 0.6) is 0 Å². The summed E-state index contributed by atoms with van der Waals surface area (Å²) in [5, 5.41) is 12.4. The van der Waals surface area contributed by atoms with E-state index in [9.17, 15) is 18.5 Å². The number of anilines is 1. The number of rotatable bonds is 4. The number of carbonyl (C=O) groups excluding carboxylic acids is 1. The summed E-state index contributed by atoms with van der Waals surface area (Å²) >= 11 is 5.83. The number of halogens is 1. The molecule has 0 bridgehead atoms. The van der Waals surface area contributed by atoms with Gasteiger partial charge in [0, 0.05) is 10.7 Å². The average Bonchev–Trinajstić information content (AvgIpc) is 2.69. The highest BCUT2D eigenvalue weighted by Crippen LogP contribution is 2.27. The largest absolute Gasteiger partial charge is 0.322 e. The molecular formula is C20H13ClN2O3S. The molecule has 27 heavy (non-hydrogen) atoms. The van der Waals surface area contributed by atoms with Gasteiger partial charge in [0.2, 0.25) is 9.84 Å². The molecular weight excluding hydrogens is 384 g/mol. The highest BCUT2D eigenvalue weighted by molar-refractivity contribution is 7.91. The van der Waals surface area contributed by atoms with Gasteiger partial charge in [0.05, 0.1) is 20.9 Å². The van der Waals surface area contributed by atoms with Crippen molar-refractivity contribution in [1.82, 2.24) is 0 Å². The molecule has 1 amide bonds. The summed E-state index contributed by atoms with van der Waals surface area (Å²) in [6, 6.07) is 20.1. The average molecular weight is 397 g/mol. The minimum absolute atomic E-state index is 0.0137. The maximum absolute atomic E-state index is 13.1. The molecule has 0 spiro atoms. The van der Waals surface area contributed by atoms with Crippen molar-refractivity contribution in [3.63, 3.8) is 0 Å². The van der Waals surface area contributed by atoms with Gasteiger partial charge < -0.3 is 5.32 Å². The molecule has 0 aliphatic carbocycles. The fraction of sp³-hybridized carbons (Fsp3) is 0. The Morgan fingerprint density at radius 3 is 2.15 bits per heavy atom. The minimum Gasteiger partial charge on any atom is -0.322 e. The van der Waals surface area contributed by atoms with Crippen LogP contribution in [0.15, 0.2) is 82.6 Å². The van der Waals surface area contributed by atoms with Crippen LogP contribution in [0.1, 0.15) is 15.9 Å². The molecule has 0 saturated carbocycles. The van der Waals surface area contributed by atoms with E-state index in [1.54, 1.807) is 36.4 Å². The summed E-state index contributed by atoms with van der Waals surface area (Å²) in [5.74, 6) is -0.578. The van der Waals surface area contributed by atoms with Crippen LogP contribution in [-0.2, 0) is 9.84 Å². The van der Waals surface area contributed by atoms with Crippen molar-refractivity contribution in [3.8, 4) is 6.07 Å². The predicted octanol–water partition coefficient (Wildman–Crippen LogP) is 4.30. The minimum atomic E-state index is -4.06. The molecule has 5 nitrogen and oxygen atoms in total. The van der Waals surface area contributed by atoms with Crippen LogP contribution >= 0.6 is 11.6 Å². The maximum Gasteiger partial charge on any atom is 0.256 e. The number of amides is 1. The first-order chi connectivity index (χ1) is 12.9. The second kappa shape index (κ2) is 7.62. The van der Waals surface area contributed by atoms with Gasteiger partial charge >= 0.3 is 0 Å². The lowest BCUT2D eigenvalue weighted by molar-refractivity contribution is 0.102. The Kier molecular flexibility index (Phi) is 5.26. The normalized spacial score (nSPS) is 10.8. The third-order valence-corrected chi connectivity index (χ3v) is 5.94. The summed E-state index contributed by atoms with van der Waals surface area (Å²) in [6.45, 7) is 0. The summed E-state index contributed by atoms with van der Waals surface area (Å²) in [4.78, 5) is 12.4. The molecule has 0 aromatic heterocycles. The van der Waals surface area contributed by atoms with Gasteiger partial charge in [0.1, 0.15) is 6.07 Å². The smallest absolute Gasteiger partial charge is 0.256 e. The van der Waals surface area contributed by atoms with Gasteiger partial charge in [-0.05, 0) is 48.5 Å². The molecule has 0 radical (unpaired) electrons. The number of hydrogen-bond acceptors (Lipinski definition) is 4. The van der Waals surface area contributed by atoms with Crippen LogP contribution in [0.25, 0.3) is 0 Å². The zero-order valence-corrected chi connectivity index (χ0v) is 15.5. The first-order valence-electron chi connectivity index (χ1n) is 7.83. The van der Waals surface area contributed by atoms with E-state index in [-0.39, 0.29) is 20.9 Å².